The Morgan fingerprint density at radius 3 is 1.52 bits per heavy atom. The first-order valence-electron chi connectivity index (χ1n) is 22.8. The van der Waals surface area contributed by atoms with Gasteiger partial charge >= 0.3 is 11.9 Å². The van der Waals surface area contributed by atoms with Crippen molar-refractivity contribution in [2.24, 2.45) is 0 Å². The van der Waals surface area contributed by atoms with E-state index in [1.165, 1.54) is 38.5 Å². The highest BCUT2D eigenvalue weighted by Gasteiger charge is 2.46. The number of hydrogen-bond acceptors (Lipinski definition) is 11. The highest BCUT2D eigenvalue weighted by molar-refractivity contribution is 7.85. The van der Waals surface area contributed by atoms with Crippen LogP contribution in [-0.2, 0) is 38.7 Å². The van der Waals surface area contributed by atoms with Crippen LogP contribution in [0.4, 0.5) is 0 Å². The van der Waals surface area contributed by atoms with Crippen LogP contribution >= 0.6 is 0 Å². The molecule has 1 fully saturated rings. The molecule has 0 aromatic rings. The third-order valence-electron chi connectivity index (χ3n) is 9.65. The second-order valence-electron chi connectivity index (χ2n) is 15.3. The molecule has 12 nitrogen and oxygen atoms in total. The lowest BCUT2D eigenvalue weighted by atomic mass is 10.00. The summed E-state index contributed by atoms with van der Waals surface area (Å²) in [6.07, 6.45) is 41.8. The van der Waals surface area contributed by atoms with Crippen LogP contribution in [-0.4, -0.2) is 96.0 Å². The average molecular weight is 891 g/mol. The van der Waals surface area contributed by atoms with Crippen LogP contribution in [0.15, 0.2) is 97.2 Å². The van der Waals surface area contributed by atoms with Gasteiger partial charge in [0.2, 0.25) is 0 Å². The van der Waals surface area contributed by atoms with Crippen molar-refractivity contribution in [1.29, 1.82) is 0 Å². The van der Waals surface area contributed by atoms with Crippen molar-refractivity contribution >= 4 is 22.1 Å². The summed E-state index contributed by atoms with van der Waals surface area (Å²) in [6, 6.07) is 0. The largest absolute Gasteiger partial charge is 0.462 e. The van der Waals surface area contributed by atoms with E-state index < -0.39 is 71.2 Å². The minimum Gasteiger partial charge on any atom is -0.462 e. The second-order valence-corrected chi connectivity index (χ2v) is 16.8. The van der Waals surface area contributed by atoms with E-state index in [0.29, 0.717) is 25.7 Å². The first-order chi connectivity index (χ1) is 30.0. The Hall–Kier alpha value is -3.43. The van der Waals surface area contributed by atoms with Crippen molar-refractivity contribution < 1.29 is 56.8 Å². The Labute approximate surface area is 373 Å². The molecular weight excluding hydrogens is 813 g/mol. The fraction of sp³-hybridized carbons (Fsp3) is 0.633. The van der Waals surface area contributed by atoms with Gasteiger partial charge in [0.15, 0.2) is 12.4 Å². The summed E-state index contributed by atoms with van der Waals surface area (Å²) in [5, 5.41) is 30.9. The van der Waals surface area contributed by atoms with E-state index >= 15 is 0 Å². The maximum absolute atomic E-state index is 12.8. The molecule has 1 heterocycles. The summed E-state index contributed by atoms with van der Waals surface area (Å²) in [6.45, 7) is 3.53. The Kier molecular flexibility index (Phi) is 34.7. The number of rotatable bonds is 36. The second kappa shape index (κ2) is 38.1. The minimum absolute atomic E-state index is 0.0696. The first kappa shape index (κ1) is 56.6. The normalized spacial score (nSPS) is 20.8. The predicted octanol–water partition coefficient (Wildman–Crippen LogP) is 9.44. The van der Waals surface area contributed by atoms with Crippen LogP contribution in [0.1, 0.15) is 142 Å². The highest BCUT2D eigenvalue weighted by Crippen LogP contribution is 2.24. The molecule has 0 aliphatic carbocycles. The predicted molar refractivity (Wildman–Crippen MR) is 247 cm³/mol. The lowest BCUT2D eigenvalue weighted by molar-refractivity contribution is -0.297. The van der Waals surface area contributed by atoms with E-state index in [-0.39, 0.29) is 19.4 Å². The van der Waals surface area contributed by atoms with Gasteiger partial charge in [0.1, 0.15) is 36.8 Å². The highest BCUT2D eigenvalue weighted by atomic mass is 32.2. The zero-order chi connectivity index (χ0) is 45.5. The van der Waals surface area contributed by atoms with Crippen molar-refractivity contribution in [2.75, 3.05) is 19.0 Å². The van der Waals surface area contributed by atoms with Gasteiger partial charge in [0.25, 0.3) is 10.1 Å². The monoisotopic (exact) mass is 891 g/mol. The number of carbonyl (C=O) groups excluding carboxylic acids is 2. The van der Waals surface area contributed by atoms with Gasteiger partial charge in [-0.25, -0.2) is 0 Å². The summed E-state index contributed by atoms with van der Waals surface area (Å²) in [7, 11) is -4.62. The maximum Gasteiger partial charge on any atom is 0.306 e. The number of carbonyl (C=O) groups is 2. The summed E-state index contributed by atoms with van der Waals surface area (Å²) in [5.41, 5.74) is 0. The molecule has 62 heavy (non-hydrogen) atoms. The Balaban J connectivity index is 2.54. The Morgan fingerprint density at radius 1 is 0.565 bits per heavy atom. The number of aliphatic hydroxyl groups excluding tert-OH is 3. The van der Waals surface area contributed by atoms with Crippen LogP contribution in [0.2, 0.25) is 0 Å². The molecule has 0 radical (unpaired) electrons. The molecule has 0 amide bonds. The van der Waals surface area contributed by atoms with Gasteiger partial charge in [-0.05, 0) is 83.5 Å². The molecule has 0 bridgehead atoms. The number of hydrogen-bond donors (Lipinski definition) is 4. The topological polar surface area (TPSA) is 186 Å². The van der Waals surface area contributed by atoms with Crippen LogP contribution in [0.5, 0.6) is 0 Å². The molecule has 352 valence electrons. The maximum atomic E-state index is 12.8. The van der Waals surface area contributed by atoms with Crippen LogP contribution < -0.4 is 0 Å². The van der Waals surface area contributed by atoms with Crippen LogP contribution in [0.25, 0.3) is 0 Å². The zero-order valence-corrected chi connectivity index (χ0v) is 38.2. The van der Waals surface area contributed by atoms with E-state index in [4.69, 9.17) is 18.9 Å². The molecule has 1 saturated heterocycles. The number of esters is 2. The van der Waals surface area contributed by atoms with Crippen molar-refractivity contribution in [3.8, 4) is 0 Å². The number of allylic oxidation sites excluding steroid dienone is 16. The fourth-order valence-electron chi connectivity index (χ4n) is 6.14. The van der Waals surface area contributed by atoms with Gasteiger partial charge < -0.3 is 34.3 Å². The molecular formula is C49H78O12S. The number of unbranched alkanes of at least 4 members (excludes halogenated alkanes) is 8. The number of ether oxygens (including phenoxy) is 4. The summed E-state index contributed by atoms with van der Waals surface area (Å²) < 4.78 is 53.9. The molecule has 0 saturated carbocycles. The van der Waals surface area contributed by atoms with E-state index in [2.05, 4.69) is 92.8 Å². The quantitative estimate of drug-likeness (QED) is 0.0202. The first-order valence-corrected chi connectivity index (χ1v) is 24.4. The van der Waals surface area contributed by atoms with Crippen molar-refractivity contribution in [3.63, 3.8) is 0 Å². The van der Waals surface area contributed by atoms with E-state index in [0.717, 1.165) is 51.4 Å². The molecule has 1 aliphatic heterocycles. The zero-order valence-electron chi connectivity index (χ0n) is 37.4. The SMILES string of the molecule is CC/C=C/C/C=C/C/C=C/C/C=C/C/C=C/CCCC(=O)O[C@H](COC(=O)CCC/C=C/C/C=C/C/C=C/CCCCCCCC)CO[C@H]1O[C@H](CS(=O)(=O)O)[C@@H](O)C(O)C1O. The molecule has 0 spiro atoms. The Morgan fingerprint density at radius 2 is 1.02 bits per heavy atom. The lowest BCUT2D eigenvalue weighted by Crippen LogP contribution is -2.60. The third kappa shape index (κ3) is 32.3. The van der Waals surface area contributed by atoms with Crippen molar-refractivity contribution in [2.45, 2.75) is 179 Å². The third-order valence-corrected chi connectivity index (χ3v) is 10.4. The standard InChI is InChI=1S/C49H78O12S/c1-3-5-7-9-11-13-15-17-19-21-23-25-27-29-31-33-35-37-44(50)58-39-42(40-59-49-48(54)47(53)46(52)43(61-49)41-62(55,56)57)60-45(51)38-36-34-32-30-28-26-24-22-20-18-16-14-12-10-8-6-4-2/h6,8,12,14,17-20,23-26,29-32,42-43,46-49,52-54H,3-5,7,9-11,13,15-16,21-22,27-28,33-41H2,1-2H3,(H,55,56,57)/b8-6+,14-12+,19-17+,20-18+,25-23+,26-24+,31-29+,32-30+/t42-,43-,46-,47?,48?,49+/m1/s1. The summed E-state index contributed by atoms with van der Waals surface area (Å²) in [4.78, 5) is 25.4. The van der Waals surface area contributed by atoms with Gasteiger partial charge in [-0.3, -0.25) is 14.1 Å². The number of aliphatic hydroxyl groups is 3. The molecule has 0 aromatic carbocycles. The molecule has 4 N–H and O–H groups in total. The molecule has 1 rings (SSSR count). The lowest BCUT2D eigenvalue weighted by Gasteiger charge is -2.40. The molecule has 6 atom stereocenters. The summed E-state index contributed by atoms with van der Waals surface area (Å²) >= 11 is 0. The van der Waals surface area contributed by atoms with Crippen molar-refractivity contribution in [1.82, 2.24) is 0 Å². The van der Waals surface area contributed by atoms with E-state index in [1.807, 2.05) is 18.2 Å². The molecule has 0 aromatic heterocycles. The minimum atomic E-state index is -4.62. The molecule has 13 heteroatoms. The smallest absolute Gasteiger partial charge is 0.306 e. The Bertz CT molecular complexity index is 1510. The average Bonchev–Trinajstić information content (AvgIpc) is 3.24. The molecule has 2 unspecified atom stereocenters. The van der Waals surface area contributed by atoms with E-state index in [1.54, 1.807) is 0 Å². The van der Waals surface area contributed by atoms with E-state index in [9.17, 15) is 37.9 Å². The van der Waals surface area contributed by atoms with Gasteiger partial charge in [0, 0.05) is 12.8 Å². The van der Waals surface area contributed by atoms with Crippen LogP contribution in [0, 0.1) is 0 Å². The van der Waals surface area contributed by atoms with Gasteiger partial charge in [-0.15, -0.1) is 0 Å². The molecule has 1 aliphatic rings. The van der Waals surface area contributed by atoms with Gasteiger partial charge in [-0.1, -0.05) is 143 Å². The van der Waals surface area contributed by atoms with Gasteiger partial charge in [-0.2, -0.15) is 8.42 Å². The van der Waals surface area contributed by atoms with Crippen LogP contribution in [0.3, 0.4) is 0 Å². The summed E-state index contributed by atoms with van der Waals surface area (Å²) in [5.74, 6) is -2.14. The van der Waals surface area contributed by atoms with Gasteiger partial charge in [0.05, 0.1) is 6.61 Å². The fourth-order valence-corrected chi connectivity index (χ4v) is 6.83. The van der Waals surface area contributed by atoms with Crippen molar-refractivity contribution in [3.05, 3.63) is 97.2 Å².